The quantitative estimate of drug-likeness (QED) is 0.930. The summed E-state index contributed by atoms with van der Waals surface area (Å²) in [6, 6.07) is 4.10. The lowest BCUT2D eigenvalue weighted by atomic mass is 9.78. The van der Waals surface area contributed by atoms with Crippen LogP contribution in [-0.4, -0.2) is 27.6 Å². The van der Waals surface area contributed by atoms with E-state index < -0.39 is 0 Å². The SMILES string of the molecule is Cc1cccnc1Cn1cncc1C1(C)CCNCC1. The summed E-state index contributed by atoms with van der Waals surface area (Å²) in [5.41, 5.74) is 3.93. The van der Waals surface area contributed by atoms with Gasteiger partial charge in [-0.2, -0.15) is 0 Å². The van der Waals surface area contributed by atoms with E-state index >= 15 is 0 Å². The first-order valence-corrected chi connectivity index (χ1v) is 7.31. The number of nitrogens with one attached hydrogen (secondary N) is 1. The second-order valence-electron chi connectivity index (χ2n) is 5.98. The highest BCUT2D eigenvalue weighted by Gasteiger charge is 2.31. The van der Waals surface area contributed by atoms with Crippen molar-refractivity contribution >= 4 is 0 Å². The first kappa shape index (κ1) is 13.3. The van der Waals surface area contributed by atoms with Crippen molar-refractivity contribution in [3.63, 3.8) is 0 Å². The van der Waals surface area contributed by atoms with Crippen molar-refractivity contribution in [2.24, 2.45) is 0 Å². The van der Waals surface area contributed by atoms with Gasteiger partial charge in [0.2, 0.25) is 0 Å². The Labute approximate surface area is 120 Å². The molecule has 0 saturated carbocycles. The standard InChI is InChI=1S/C16H22N4/c1-13-4-3-7-19-14(13)11-20-12-18-10-15(20)16(2)5-8-17-9-6-16/h3-4,7,10,12,17H,5-6,8-9,11H2,1-2H3. The molecule has 1 N–H and O–H groups in total. The number of hydrogen-bond acceptors (Lipinski definition) is 3. The average molecular weight is 270 g/mol. The van der Waals surface area contributed by atoms with Crippen LogP contribution in [0.5, 0.6) is 0 Å². The summed E-state index contributed by atoms with van der Waals surface area (Å²) in [5.74, 6) is 0. The third-order valence-corrected chi connectivity index (χ3v) is 4.48. The number of pyridine rings is 1. The van der Waals surface area contributed by atoms with Gasteiger partial charge in [-0.3, -0.25) is 4.98 Å². The normalized spacial score (nSPS) is 18.1. The number of piperidine rings is 1. The molecule has 0 aromatic carbocycles. The van der Waals surface area contributed by atoms with Crippen LogP contribution in [0.2, 0.25) is 0 Å². The Kier molecular flexibility index (Phi) is 3.57. The Morgan fingerprint density at radius 2 is 2.15 bits per heavy atom. The predicted octanol–water partition coefficient (Wildman–Crippen LogP) is 2.28. The fraction of sp³-hybridized carbons (Fsp3) is 0.500. The maximum absolute atomic E-state index is 4.50. The Balaban J connectivity index is 1.89. The molecule has 20 heavy (non-hydrogen) atoms. The van der Waals surface area contributed by atoms with Crippen LogP contribution in [0.3, 0.4) is 0 Å². The van der Waals surface area contributed by atoms with Crippen molar-refractivity contribution in [1.29, 1.82) is 0 Å². The van der Waals surface area contributed by atoms with Crippen LogP contribution in [0, 0.1) is 6.92 Å². The molecular formula is C16H22N4. The van der Waals surface area contributed by atoms with Gasteiger partial charge in [0.15, 0.2) is 0 Å². The van der Waals surface area contributed by atoms with E-state index in [-0.39, 0.29) is 5.41 Å². The second-order valence-corrected chi connectivity index (χ2v) is 5.98. The van der Waals surface area contributed by atoms with E-state index in [4.69, 9.17) is 0 Å². The molecule has 1 aliphatic heterocycles. The molecular weight excluding hydrogens is 248 g/mol. The third kappa shape index (κ3) is 2.48. The number of imidazole rings is 1. The van der Waals surface area contributed by atoms with Gasteiger partial charge in [0, 0.05) is 23.5 Å². The van der Waals surface area contributed by atoms with Crippen molar-refractivity contribution in [2.45, 2.75) is 38.6 Å². The van der Waals surface area contributed by atoms with E-state index in [1.165, 1.54) is 24.1 Å². The lowest BCUT2D eigenvalue weighted by Gasteiger charge is -2.34. The largest absolute Gasteiger partial charge is 0.328 e. The fourth-order valence-electron chi connectivity index (χ4n) is 3.03. The van der Waals surface area contributed by atoms with Crippen LogP contribution in [0.25, 0.3) is 0 Å². The molecule has 0 bridgehead atoms. The van der Waals surface area contributed by atoms with E-state index in [1.807, 2.05) is 24.8 Å². The minimum atomic E-state index is 0.227. The van der Waals surface area contributed by atoms with Gasteiger partial charge in [-0.25, -0.2) is 4.98 Å². The predicted molar refractivity (Wildman–Crippen MR) is 79.8 cm³/mol. The van der Waals surface area contributed by atoms with Crippen LogP contribution in [0.4, 0.5) is 0 Å². The molecule has 0 spiro atoms. The van der Waals surface area contributed by atoms with Gasteiger partial charge in [-0.15, -0.1) is 0 Å². The van der Waals surface area contributed by atoms with Gasteiger partial charge < -0.3 is 9.88 Å². The smallest absolute Gasteiger partial charge is 0.0952 e. The van der Waals surface area contributed by atoms with E-state index in [1.54, 1.807) is 0 Å². The first-order valence-electron chi connectivity index (χ1n) is 7.31. The monoisotopic (exact) mass is 270 g/mol. The lowest BCUT2D eigenvalue weighted by Crippen LogP contribution is -2.39. The molecule has 0 radical (unpaired) electrons. The Hall–Kier alpha value is -1.68. The highest BCUT2D eigenvalue weighted by Crippen LogP contribution is 2.32. The molecule has 106 valence electrons. The van der Waals surface area contributed by atoms with Crippen molar-refractivity contribution in [3.8, 4) is 0 Å². The van der Waals surface area contributed by atoms with Crippen molar-refractivity contribution in [2.75, 3.05) is 13.1 Å². The lowest BCUT2D eigenvalue weighted by molar-refractivity contribution is 0.318. The van der Waals surface area contributed by atoms with Crippen LogP contribution in [0.1, 0.15) is 36.7 Å². The maximum atomic E-state index is 4.50. The number of rotatable bonds is 3. The second kappa shape index (κ2) is 5.37. The highest BCUT2D eigenvalue weighted by atomic mass is 15.1. The summed E-state index contributed by atoms with van der Waals surface area (Å²) in [4.78, 5) is 8.88. The Morgan fingerprint density at radius 3 is 2.90 bits per heavy atom. The van der Waals surface area contributed by atoms with Gasteiger partial charge >= 0.3 is 0 Å². The molecule has 0 amide bonds. The summed E-state index contributed by atoms with van der Waals surface area (Å²) in [7, 11) is 0. The van der Waals surface area contributed by atoms with E-state index in [0.717, 1.165) is 25.3 Å². The minimum absolute atomic E-state index is 0.227. The fourth-order valence-corrected chi connectivity index (χ4v) is 3.03. The average Bonchev–Trinajstić information content (AvgIpc) is 2.91. The molecule has 3 heterocycles. The minimum Gasteiger partial charge on any atom is -0.328 e. The van der Waals surface area contributed by atoms with Crippen molar-refractivity contribution < 1.29 is 0 Å². The Bertz CT molecular complexity index is 582. The van der Waals surface area contributed by atoms with Crippen LogP contribution >= 0.6 is 0 Å². The summed E-state index contributed by atoms with van der Waals surface area (Å²) in [6.45, 7) is 7.46. The van der Waals surface area contributed by atoms with Gasteiger partial charge in [0.1, 0.15) is 0 Å². The molecule has 4 heteroatoms. The van der Waals surface area contributed by atoms with Gasteiger partial charge in [0.05, 0.1) is 18.6 Å². The summed E-state index contributed by atoms with van der Waals surface area (Å²) in [5, 5.41) is 3.44. The molecule has 0 unspecified atom stereocenters. The molecule has 2 aromatic rings. The molecule has 3 rings (SSSR count). The van der Waals surface area contributed by atoms with Gasteiger partial charge in [0.25, 0.3) is 0 Å². The third-order valence-electron chi connectivity index (χ3n) is 4.48. The van der Waals surface area contributed by atoms with Crippen molar-refractivity contribution in [1.82, 2.24) is 19.9 Å². The van der Waals surface area contributed by atoms with Crippen molar-refractivity contribution in [3.05, 3.63) is 47.8 Å². The van der Waals surface area contributed by atoms with E-state index in [2.05, 4.69) is 39.8 Å². The number of aryl methyl sites for hydroxylation is 1. The van der Waals surface area contributed by atoms with Gasteiger partial charge in [-0.1, -0.05) is 13.0 Å². The zero-order chi connectivity index (χ0) is 14.0. The summed E-state index contributed by atoms with van der Waals surface area (Å²) in [6.07, 6.45) is 8.17. The zero-order valence-electron chi connectivity index (χ0n) is 12.3. The Morgan fingerprint density at radius 1 is 1.35 bits per heavy atom. The van der Waals surface area contributed by atoms with Crippen LogP contribution in [0.15, 0.2) is 30.9 Å². The summed E-state index contributed by atoms with van der Waals surface area (Å²) >= 11 is 0. The zero-order valence-corrected chi connectivity index (χ0v) is 12.3. The van der Waals surface area contributed by atoms with Gasteiger partial charge in [-0.05, 0) is 44.5 Å². The molecule has 1 saturated heterocycles. The number of hydrogen-bond donors (Lipinski definition) is 1. The first-order chi connectivity index (χ1) is 9.69. The molecule has 0 aliphatic carbocycles. The van der Waals surface area contributed by atoms with E-state index in [0.29, 0.717) is 0 Å². The highest BCUT2D eigenvalue weighted by molar-refractivity contribution is 5.21. The summed E-state index contributed by atoms with van der Waals surface area (Å²) < 4.78 is 2.26. The molecule has 4 nitrogen and oxygen atoms in total. The molecule has 0 atom stereocenters. The van der Waals surface area contributed by atoms with Crippen LogP contribution in [-0.2, 0) is 12.0 Å². The number of aromatic nitrogens is 3. The van der Waals surface area contributed by atoms with E-state index in [9.17, 15) is 0 Å². The topological polar surface area (TPSA) is 42.7 Å². The van der Waals surface area contributed by atoms with Crippen LogP contribution < -0.4 is 5.32 Å². The molecule has 1 fully saturated rings. The maximum Gasteiger partial charge on any atom is 0.0952 e. The molecule has 1 aliphatic rings. The molecule has 2 aromatic heterocycles. The number of nitrogens with zero attached hydrogens (tertiary/aromatic N) is 3.